The van der Waals surface area contributed by atoms with Crippen molar-refractivity contribution in [3.8, 4) is 0 Å². The van der Waals surface area contributed by atoms with Gasteiger partial charge in [-0.15, -0.1) is 0 Å². The number of hydrogen-bond donors (Lipinski definition) is 0. The Bertz CT molecular complexity index is 321. The molecule has 4 heteroatoms. The van der Waals surface area contributed by atoms with Crippen molar-refractivity contribution in [3.63, 3.8) is 0 Å². The molecule has 0 N–H and O–H groups in total. The average molecular weight is 201 g/mol. The Morgan fingerprint density at radius 3 is 2.21 bits per heavy atom. The Morgan fingerprint density at radius 1 is 1.29 bits per heavy atom. The normalized spacial score (nSPS) is 13.7. The van der Waals surface area contributed by atoms with E-state index >= 15 is 0 Å². The molecule has 0 aliphatic rings. The molecule has 1 aromatic rings. The molecule has 0 fully saturated rings. The van der Waals surface area contributed by atoms with Crippen LogP contribution in [-0.4, -0.2) is 5.92 Å². The lowest BCUT2D eigenvalue weighted by Gasteiger charge is -2.18. The molecule has 0 aliphatic carbocycles. The molecule has 14 heavy (non-hydrogen) atoms. The summed E-state index contributed by atoms with van der Waals surface area (Å²) < 4.78 is 37.9. The van der Waals surface area contributed by atoms with Crippen molar-refractivity contribution < 1.29 is 18.3 Å². The van der Waals surface area contributed by atoms with E-state index in [1.807, 2.05) is 0 Å². The molecule has 0 aliphatic heterocycles. The second-order valence-corrected chi connectivity index (χ2v) is 2.82. The first-order valence-electron chi connectivity index (χ1n) is 3.89. The molecule has 0 heterocycles. The minimum atomic E-state index is -4.05. The SMILES string of the molecule is C=C(F)C(F)(F)C([O])c1ccccc1. The van der Waals surface area contributed by atoms with Crippen molar-refractivity contribution in [1.29, 1.82) is 0 Å². The van der Waals surface area contributed by atoms with Gasteiger partial charge in [0.15, 0.2) is 11.9 Å². The quantitative estimate of drug-likeness (QED) is 0.715. The van der Waals surface area contributed by atoms with Crippen LogP contribution in [0.1, 0.15) is 11.7 Å². The zero-order chi connectivity index (χ0) is 10.8. The molecular formula is C10H8F3O. The summed E-state index contributed by atoms with van der Waals surface area (Å²) in [6, 6.07) is 6.93. The molecule has 0 saturated heterocycles. The maximum Gasteiger partial charge on any atom is 0.330 e. The summed E-state index contributed by atoms with van der Waals surface area (Å²) in [5.74, 6) is -5.96. The third-order valence-corrected chi connectivity index (χ3v) is 1.79. The second kappa shape index (κ2) is 3.84. The first-order valence-corrected chi connectivity index (χ1v) is 3.89. The fourth-order valence-corrected chi connectivity index (χ4v) is 0.979. The Balaban J connectivity index is 2.96. The van der Waals surface area contributed by atoms with E-state index < -0.39 is 17.9 Å². The maximum absolute atomic E-state index is 12.8. The van der Waals surface area contributed by atoms with Crippen LogP contribution < -0.4 is 0 Å². The van der Waals surface area contributed by atoms with Gasteiger partial charge in [0.1, 0.15) is 0 Å². The molecule has 1 aromatic carbocycles. The Labute approximate surface area is 79.5 Å². The van der Waals surface area contributed by atoms with Gasteiger partial charge in [0, 0.05) is 0 Å². The second-order valence-electron chi connectivity index (χ2n) is 2.82. The van der Waals surface area contributed by atoms with Crippen LogP contribution in [0.5, 0.6) is 0 Å². The van der Waals surface area contributed by atoms with Gasteiger partial charge in [-0.3, -0.25) is 0 Å². The molecular weight excluding hydrogens is 193 g/mol. The van der Waals surface area contributed by atoms with Crippen LogP contribution in [0.3, 0.4) is 0 Å². The van der Waals surface area contributed by atoms with Crippen LogP contribution in [0, 0.1) is 0 Å². The monoisotopic (exact) mass is 201 g/mol. The number of alkyl halides is 2. The number of rotatable bonds is 3. The summed E-state index contributed by atoms with van der Waals surface area (Å²) in [6.45, 7) is 2.46. The lowest BCUT2D eigenvalue weighted by Crippen LogP contribution is -2.25. The van der Waals surface area contributed by atoms with E-state index in [2.05, 4.69) is 6.58 Å². The third-order valence-electron chi connectivity index (χ3n) is 1.79. The maximum atomic E-state index is 12.8. The fraction of sp³-hybridized carbons (Fsp3) is 0.200. The number of hydrogen-bond acceptors (Lipinski definition) is 0. The molecule has 75 valence electrons. The molecule has 1 radical (unpaired) electrons. The summed E-state index contributed by atoms with van der Waals surface area (Å²) in [5.41, 5.74) is -0.156. The zero-order valence-corrected chi connectivity index (χ0v) is 7.21. The van der Waals surface area contributed by atoms with Crippen LogP contribution >= 0.6 is 0 Å². The van der Waals surface area contributed by atoms with Gasteiger partial charge < -0.3 is 0 Å². The van der Waals surface area contributed by atoms with Gasteiger partial charge >= 0.3 is 5.92 Å². The van der Waals surface area contributed by atoms with Crippen LogP contribution in [0.25, 0.3) is 0 Å². The Morgan fingerprint density at radius 2 is 1.79 bits per heavy atom. The first kappa shape index (κ1) is 10.8. The lowest BCUT2D eigenvalue weighted by molar-refractivity contribution is -0.123. The summed E-state index contributed by atoms with van der Waals surface area (Å²) in [7, 11) is 0. The number of benzene rings is 1. The minimum Gasteiger partial charge on any atom is -0.221 e. The van der Waals surface area contributed by atoms with Crippen molar-refractivity contribution in [2.24, 2.45) is 0 Å². The summed E-state index contributed by atoms with van der Waals surface area (Å²) >= 11 is 0. The standard InChI is InChI=1S/C10H8F3O/c1-7(11)10(12,13)9(14)8-5-3-2-4-6-8/h2-6,9H,1H2. The van der Waals surface area contributed by atoms with Gasteiger partial charge in [0.25, 0.3) is 0 Å². The van der Waals surface area contributed by atoms with Gasteiger partial charge in [0.2, 0.25) is 0 Å². The highest BCUT2D eigenvalue weighted by Crippen LogP contribution is 2.37. The molecule has 0 spiro atoms. The number of halogens is 3. The van der Waals surface area contributed by atoms with E-state index in [-0.39, 0.29) is 5.56 Å². The van der Waals surface area contributed by atoms with Crippen LogP contribution in [0.2, 0.25) is 0 Å². The van der Waals surface area contributed by atoms with Crippen molar-refractivity contribution in [2.45, 2.75) is 12.0 Å². The van der Waals surface area contributed by atoms with Gasteiger partial charge in [-0.25, -0.2) is 9.50 Å². The molecule has 1 atom stereocenters. The minimum absolute atomic E-state index is 0.156. The molecule has 1 nitrogen and oxygen atoms in total. The summed E-state index contributed by atoms with van der Waals surface area (Å²) in [6.07, 6.45) is -2.44. The van der Waals surface area contributed by atoms with E-state index in [1.54, 1.807) is 6.07 Å². The van der Waals surface area contributed by atoms with Crippen LogP contribution in [-0.2, 0) is 5.11 Å². The van der Waals surface area contributed by atoms with Crippen molar-refractivity contribution in [1.82, 2.24) is 0 Å². The van der Waals surface area contributed by atoms with Gasteiger partial charge in [-0.05, 0) is 5.56 Å². The van der Waals surface area contributed by atoms with E-state index in [9.17, 15) is 18.3 Å². The smallest absolute Gasteiger partial charge is 0.221 e. The van der Waals surface area contributed by atoms with E-state index in [1.165, 1.54) is 24.3 Å². The van der Waals surface area contributed by atoms with Crippen molar-refractivity contribution in [3.05, 3.63) is 48.3 Å². The van der Waals surface area contributed by atoms with Crippen molar-refractivity contribution >= 4 is 0 Å². The van der Waals surface area contributed by atoms with Gasteiger partial charge in [0.05, 0.1) is 0 Å². The predicted octanol–water partition coefficient (Wildman–Crippen LogP) is 3.28. The fourth-order valence-electron chi connectivity index (χ4n) is 0.979. The highest BCUT2D eigenvalue weighted by Gasteiger charge is 2.44. The molecule has 0 amide bonds. The third kappa shape index (κ3) is 1.96. The molecule has 0 bridgehead atoms. The average Bonchev–Trinajstić information content (AvgIpc) is 2.17. The van der Waals surface area contributed by atoms with E-state index in [0.29, 0.717) is 0 Å². The summed E-state index contributed by atoms with van der Waals surface area (Å²) in [5, 5.41) is 11.1. The lowest BCUT2D eigenvalue weighted by atomic mass is 10.0. The highest BCUT2D eigenvalue weighted by molar-refractivity contribution is 5.22. The zero-order valence-electron chi connectivity index (χ0n) is 7.21. The van der Waals surface area contributed by atoms with Crippen LogP contribution in [0.4, 0.5) is 13.2 Å². The van der Waals surface area contributed by atoms with E-state index in [4.69, 9.17) is 0 Å². The molecule has 1 unspecified atom stereocenters. The van der Waals surface area contributed by atoms with E-state index in [0.717, 1.165) is 0 Å². The Hall–Kier alpha value is -1.29. The van der Waals surface area contributed by atoms with Gasteiger partial charge in [-0.1, -0.05) is 36.9 Å². The topological polar surface area (TPSA) is 19.9 Å². The van der Waals surface area contributed by atoms with Crippen molar-refractivity contribution in [2.75, 3.05) is 0 Å². The molecule has 0 saturated carbocycles. The molecule has 0 aromatic heterocycles. The largest absolute Gasteiger partial charge is 0.330 e. The Kier molecular flexibility index (Phi) is 2.96. The van der Waals surface area contributed by atoms with Crippen LogP contribution in [0.15, 0.2) is 42.7 Å². The molecule has 1 rings (SSSR count). The predicted molar refractivity (Wildman–Crippen MR) is 45.1 cm³/mol. The summed E-state index contributed by atoms with van der Waals surface area (Å²) in [4.78, 5) is 0. The van der Waals surface area contributed by atoms with Gasteiger partial charge in [-0.2, -0.15) is 8.78 Å². The first-order chi connectivity index (χ1) is 6.46. The highest BCUT2D eigenvalue weighted by atomic mass is 19.3.